The molecule has 3 rings (SSSR count). The summed E-state index contributed by atoms with van der Waals surface area (Å²) < 4.78 is 4.69. The number of thiophene rings is 1. The van der Waals surface area contributed by atoms with E-state index in [9.17, 15) is 14.4 Å². The van der Waals surface area contributed by atoms with E-state index in [4.69, 9.17) is 11.6 Å². The Hall–Kier alpha value is -2.38. The Labute approximate surface area is 166 Å². The molecule has 1 N–H and O–H groups in total. The van der Waals surface area contributed by atoms with Crippen molar-refractivity contribution in [3.63, 3.8) is 0 Å². The maximum atomic E-state index is 12.5. The van der Waals surface area contributed by atoms with Crippen molar-refractivity contribution < 1.29 is 19.1 Å². The van der Waals surface area contributed by atoms with Crippen LogP contribution >= 0.6 is 22.9 Å². The Bertz CT molecular complexity index is 845. The van der Waals surface area contributed by atoms with Gasteiger partial charge in [-0.1, -0.05) is 17.7 Å². The minimum Gasteiger partial charge on any atom is -0.465 e. The average Bonchev–Trinajstić information content (AvgIpc) is 3.23. The third-order valence-electron chi connectivity index (χ3n) is 4.52. The van der Waals surface area contributed by atoms with E-state index < -0.39 is 5.97 Å². The Morgan fingerprint density at radius 2 is 1.96 bits per heavy atom. The molecule has 1 saturated heterocycles. The molecule has 0 bridgehead atoms. The summed E-state index contributed by atoms with van der Waals surface area (Å²) in [6, 6.07) is 8.35. The van der Waals surface area contributed by atoms with Crippen LogP contribution in [0.4, 0.5) is 5.69 Å². The molecule has 8 heteroatoms. The molecule has 1 aliphatic rings. The number of amides is 2. The molecule has 1 aliphatic heterocycles. The van der Waals surface area contributed by atoms with Gasteiger partial charge in [0.05, 0.1) is 22.6 Å². The normalized spacial score (nSPS) is 14.7. The zero-order valence-corrected chi connectivity index (χ0v) is 16.3. The van der Waals surface area contributed by atoms with Crippen LogP contribution in [0.5, 0.6) is 0 Å². The number of nitrogens with one attached hydrogen (secondary N) is 1. The minimum atomic E-state index is -0.559. The second kappa shape index (κ2) is 8.54. The molecule has 1 fully saturated rings. The van der Waals surface area contributed by atoms with Gasteiger partial charge in [0.25, 0.3) is 5.91 Å². The van der Waals surface area contributed by atoms with Crippen molar-refractivity contribution in [3.8, 4) is 0 Å². The van der Waals surface area contributed by atoms with E-state index in [0.29, 0.717) is 31.6 Å². The number of methoxy groups -OCH3 is 1. The van der Waals surface area contributed by atoms with Crippen molar-refractivity contribution in [1.29, 1.82) is 0 Å². The predicted molar refractivity (Wildman–Crippen MR) is 104 cm³/mol. The summed E-state index contributed by atoms with van der Waals surface area (Å²) >= 11 is 7.41. The van der Waals surface area contributed by atoms with Crippen molar-refractivity contribution in [2.75, 3.05) is 25.5 Å². The summed E-state index contributed by atoms with van der Waals surface area (Å²) in [4.78, 5) is 39.1. The van der Waals surface area contributed by atoms with Crippen molar-refractivity contribution >= 4 is 46.4 Å². The van der Waals surface area contributed by atoms with Crippen molar-refractivity contribution in [2.45, 2.75) is 12.8 Å². The van der Waals surface area contributed by atoms with Crippen LogP contribution in [-0.4, -0.2) is 42.9 Å². The fourth-order valence-electron chi connectivity index (χ4n) is 3.01. The molecular formula is C19H19ClN2O4S. The second-order valence-corrected chi connectivity index (χ2v) is 7.57. The number of esters is 1. The van der Waals surface area contributed by atoms with Gasteiger partial charge in [0.1, 0.15) is 0 Å². The summed E-state index contributed by atoms with van der Waals surface area (Å²) in [5.74, 6) is -0.855. The number of hydrogen-bond donors (Lipinski definition) is 1. The van der Waals surface area contributed by atoms with E-state index in [1.807, 2.05) is 17.5 Å². The van der Waals surface area contributed by atoms with Crippen molar-refractivity contribution in [1.82, 2.24) is 4.90 Å². The third-order valence-corrected chi connectivity index (χ3v) is 5.71. The third kappa shape index (κ3) is 4.48. The fraction of sp³-hybridized carbons (Fsp3) is 0.316. The molecule has 0 radical (unpaired) electrons. The number of anilines is 1. The number of benzene rings is 1. The quantitative estimate of drug-likeness (QED) is 0.786. The number of piperidine rings is 1. The number of ether oxygens (including phenoxy) is 1. The van der Waals surface area contributed by atoms with Crippen LogP contribution in [0.15, 0.2) is 35.7 Å². The van der Waals surface area contributed by atoms with E-state index in [1.54, 1.807) is 17.0 Å². The number of nitrogens with zero attached hydrogens (tertiary/aromatic N) is 1. The topological polar surface area (TPSA) is 75.7 Å². The van der Waals surface area contributed by atoms with Crippen molar-refractivity contribution in [3.05, 3.63) is 51.2 Å². The first-order valence-corrected chi connectivity index (χ1v) is 9.77. The maximum Gasteiger partial charge on any atom is 0.339 e. The number of hydrogen-bond acceptors (Lipinski definition) is 5. The molecule has 0 aliphatic carbocycles. The molecule has 0 spiro atoms. The molecule has 27 heavy (non-hydrogen) atoms. The summed E-state index contributed by atoms with van der Waals surface area (Å²) in [7, 11) is 1.27. The van der Waals surface area contributed by atoms with Gasteiger partial charge < -0.3 is 15.0 Å². The van der Waals surface area contributed by atoms with E-state index in [1.165, 1.54) is 24.5 Å². The number of carbonyl (C=O) groups excluding carboxylic acids is 3. The fourth-order valence-corrected chi connectivity index (χ4v) is 3.90. The summed E-state index contributed by atoms with van der Waals surface area (Å²) in [5, 5.41) is 4.96. The molecule has 2 amide bonds. The van der Waals surface area contributed by atoms with Crippen LogP contribution in [0.2, 0.25) is 5.02 Å². The molecular weight excluding hydrogens is 388 g/mol. The van der Waals surface area contributed by atoms with Crippen LogP contribution < -0.4 is 5.32 Å². The van der Waals surface area contributed by atoms with E-state index in [-0.39, 0.29) is 28.3 Å². The van der Waals surface area contributed by atoms with Gasteiger partial charge in [0.15, 0.2) is 0 Å². The SMILES string of the molecule is COC(=O)c1cc(NC(=O)C2CCN(C(=O)c3cccs3)CC2)ccc1Cl. The van der Waals surface area contributed by atoms with Crippen LogP contribution in [0, 0.1) is 5.92 Å². The Kier molecular flexibility index (Phi) is 6.13. The van der Waals surface area contributed by atoms with Gasteiger partial charge in [-0.25, -0.2) is 4.79 Å². The Morgan fingerprint density at radius 3 is 2.59 bits per heavy atom. The molecule has 6 nitrogen and oxygen atoms in total. The summed E-state index contributed by atoms with van der Waals surface area (Å²) in [6.45, 7) is 1.09. The van der Waals surface area contributed by atoms with E-state index in [2.05, 4.69) is 10.1 Å². The second-order valence-electron chi connectivity index (χ2n) is 6.22. The highest BCUT2D eigenvalue weighted by Gasteiger charge is 2.28. The van der Waals surface area contributed by atoms with Crippen LogP contribution in [-0.2, 0) is 9.53 Å². The molecule has 1 aromatic heterocycles. The molecule has 1 aromatic carbocycles. The van der Waals surface area contributed by atoms with Crippen LogP contribution in [0.25, 0.3) is 0 Å². The summed E-state index contributed by atoms with van der Waals surface area (Å²) in [6.07, 6.45) is 1.20. The van der Waals surface area contributed by atoms with Gasteiger partial charge >= 0.3 is 5.97 Å². The van der Waals surface area contributed by atoms with Crippen LogP contribution in [0.1, 0.15) is 32.9 Å². The minimum absolute atomic E-state index is 0.0179. The lowest BCUT2D eigenvalue weighted by atomic mass is 9.95. The smallest absolute Gasteiger partial charge is 0.339 e. The van der Waals surface area contributed by atoms with Gasteiger partial charge in [-0.3, -0.25) is 9.59 Å². The Morgan fingerprint density at radius 1 is 1.22 bits per heavy atom. The number of likely N-dealkylation sites (tertiary alicyclic amines) is 1. The van der Waals surface area contributed by atoms with Crippen LogP contribution in [0.3, 0.4) is 0 Å². The van der Waals surface area contributed by atoms with Gasteiger partial charge in [-0.05, 0) is 42.5 Å². The lowest BCUT2D eigenvalue weighted by Crippen LogP contribution is -2.41. The standard InChI is InChI=1S/C19H19ClN2O4S/c1-26-19(25)14-11-13(4-5-15(14)20)21-17(23)12-6-8-22(9-7-12)18(24)16-3-2-10-27-16/h2-5,10-12H,6-9H2,1H3,(H,21,23). The number of halogens is 1. The first kappa shape index (κ1) is 19.4. The zero-order valence-electron chi connectivity index (χ0n) is 14.7. The molecule has 142 valence electrons. The monoisotopic (exact) mass is 406 g/mol. The molecule has 2 aromatic rings. The Balaban J connectivity index is 1.58. The average molecular weight is 407 g/mol. The predicted octanol–water partition coefficient (Wildman–Crippen LogP) is 3.68. The molecule has 2 heterocycles. The zero-order chi connectivity index (χ0) is 19.4. The molecule has 0 unspecified atom stereocenters. The van der Waals surface area contributed by atoms with Gasteiger partial charge in [-0.15, -0.1) is 11.3 Å². The first-order chi connectivity index (χ1) is 13.0. The molecule has 0 saturated carbocycles. The van der Waals surface area contributed by atoms with Gasteiger partial charge in [0, 0.05) is 24.7 Å². The number of carbonyl (C=O) groups is 3. The van der Waals surface area contributed by atoms with Gasteiger partial charge in [0.2, 0.25) is 5.91 Å². The van der Waals surface area contributed by atoms with Gasteiger partial charge in [-0.2, -0.15) is 0 Å². The summed E-state index contributed by atoms with van der Waals surface area (Å²) in [5.41, 5.74) is 0.690. The van der Waals surface area contributed by atoms with Crippen molar-refractivity contribution in [2.24, 2.45) is 5.92 Å². The lowest BCUT2D eigenvalue weighted by Gasteiger charge is -2.31. The highest BCUT2D eigenvalue weighted by molar-refractivity contribution is 7.12. The lowest BCUT2D eigenvalue weighted by molar-refractivity contribution is -0.121. The van der Waals surface area contributed by atoms with E-state index in [0.717, 1.165) is 4.88 Å². The number of rotatable bonds is 4. The maximum absolute atomic E-state index is 12.5. The van der Waals surface area contributed by atoms with E-state index >= 15 is 0 Å². The highest BCUT2D eigenvalue weighted by atomic mass is 35.5. The largest absolute Gasteiger partial charge is 0.465 e. The molecule has 0 atom stereocenters. The highest BCUT2D eigenvalue weighted by Crippen LogP contribution is 2.25. The first-order valence-electron chi connectivity index (χ1n) is 8.51.